The molecule has 1 saturated carbocycles. The van der Waals surface area contributed by atoms with E-state index in [0.717, 1.165) is 12.0 Å². The van der Waals surface area contributed by atoms with Crippen molar-refractivity contribution in [2.45, 2.75) is 58.3 Å². The van der Waals surface area contributed by atoms with Crippen LogP contribution in [0.4, 0.5) is 19.0 Å². The van der Waals surface area contributed by atoms with Gasteiger partial charge in [0, 0.05) is 23.7 Å². The Morgan fingerprint density at radius 3 is 2.44 bits per heavy atom. The first-order chi connectivity index (χ1) is 11.9. The van der Waals surface area contributed by atoms with Crippen LogP contribution in [0.2, 0.25) is 5.02 Å². The number of benzene rings is 1. The molecule has 2 atom stereocenters. The number of aryl methyl sites for hydroxylation is 1. The number of hydrogen-bond acceptors (Lipinski definition) is 2. The Morgan fingerprint density at radius 2 is 1.92 bits per heavy atom. The summed E-state index contributed by atoms with van der Waals surface area (Å²) in [5, 5.41) is 7.35. The van der Waals surface area contributed by atoms with Gasteiger partial charge in [0.2, 0.25) is 0 Å². The summed E-state index contributed by atoms with van der Waals surface area (Å²) >= 11 is 5.60. The minimum Gasteiger partial charge on any atom is -0.366 e. The zero-order chi connectivity index (χ0) is 18.1. The summed E-state index contributed by atoms with van der Waals surface area (Å²) in [7, 11) is 0. The van der Waals surface area contributed by atoms with E-state index in [9.17, 15) is 13.2 Å². The molecule has 0 radical (unpaired) electrons. The molecule has 0 spiro atoms. The first-order valence-corrected chi connectivity index (χ1v) is 8.97. The fraction of sp³-hybridized carbons (Fsp3) is 0.500. The molecule has 1 aromatic carbocycles. The van der Waals surface area contributed by atoms with E-state index in [-0.39, 0.29) is 6.04 Å². The SMILES string of the molecule is CCc1c(N[C@H]2CC[C@@H](F)C2)nn(CC)c1-c1cc(F)c(Cl)c(F)c1. The topological polar surface area (TPSA) is 29.9 Å². The molecular formula is C18H21ClF3N3. The van der Waals surface area contributed by atoms with Gasteiger partial charge in [0.25, 0.3) is 0 Å². The molecule has 2 aromatic rings. The van der Waals surface area contributed by atoms with E-state index in [1.54, 1.807) is 4.68 Å². The number of rotatable bonds is 5. The standard InChI is InChI=1S/C18H21ClF3N3/c1-3-13-17(10-7-14(21)16(19)15(22)8-10)25(4-2)24-18(13)23-12-6-5-11(20)9-12/h7-8,11-12H,3-6,9H2,1-2H3,(H,23,24)/t11-,12+/m1/s1. The maximum Gasteiger partial charge on any atom is 0.152 e. The summed E-state index contributed by atoms with van der Waals surface area (Å²) in [4.78, 5) is 0. The van der Waals surface area contributed by atoms with Gasteiger partial charge in [-0.3, -0.25) is 4.68 Å². The van der Waals surface area contributed by atoms with E-state index in [0.29, 0.717) is 42.9 Å². The van der Waals surface area contributed by atoms with Crippen molar-refractivity contribution in [2.24, 2.45) is 0 Å². The Bertz CT molecular complexity index is 752. The monoisotopic (exact) mass is 371 g/mol. The predicted molar refractivity (Wildman–Crippen MR) is 93.8 cm³/mol. The van der Waals surface area contributed by atoms with Crippen molar-refractivity contribution in [3.8, 4) is 11.3 Å². The van der Waals surface area contributed by atoms with Crippen molar-refractivity contribution in [2.75, 3.05) is 5.32 Å². The highest BCUT2D eigenvalue weighted by molar-refractivity contribution is 6.31. The van der Waals surface area contributed by atoms with Crippen LogP contribution in [0, 0.1) is 11.6 Å². The average molecular weight is 372 g/mol. The third-order valence-electron chi connectivity index (χ3n) is 4.67. The van der Waals surface area contributed by atoms with E-state index < -0.39 is 22.8 Å². The number of anilines is 1. The molecule has 0 amide bonds. The Morgan fingerprint density at radius 1 is 1.24 bits per heavy atom. The summed E-state index contributed by atoms with van der Waals surface area (Å²) in [5.41, 5.74) is 1.93. The normalized spacial score (nSPS) is 20.2. The summed E-state index contributed by atoms with van der Waals surface area (Å²) in [6.07, 6.45) is 1.61. The van der Waals surface area contributed by atoms with Crippen molar-refractivity contribution in [3.63, 3.8) is 0 Å². The van der Waals surface area contributed by atoms with Gasteiger partial charge < -0.3 is 5.32 Å². The highest BCUT2D eigenvalue weighted by Crippen LogP contribution is 2.34. The highest BCUT2D eigenvalue weighted by atomic mass is 35.5. The highest BCUT2D eigenvalue weighted by Gasteiger charge is 2.27. The van der Waals surface area contributed by atoms with Crippen LogP contribution < -0.4 is 5.32 Å². The molecule has 1 heterocycles. The molecule has 1 fully saturated rings. The molecule has 3 nitrogen and oxygen atoms in total. The van der Waals surface area contributed by atoms with Gasteiger partial charge >= 0.3 is 0 Å². The van der Waals surface area contributed by atoms with Gasteiger partial charge in [-0.25, -0.2) is 13.2 Å². The van der Waals surface area contributed by atoms with Gasteiger partial charge in [0.1, 0.15) is 22.8 Å². The summed E-state index contributed by atoms with van der Waals surface area (Å²) in [6, 6.07) is 2.49. The first-order valence-electron chi connectivity index (χ1n) is 8.59. The van der Waals surface area contributed by atoms with Crippen LogP contribution in [0.25, 0.3) is 11.3 Å². The smallest absolute Gasteiger partial charge is 0.152 e. The fourth-order valence-corrected chi connectivity index (χ4v) is 3.55. The van der Waals surface area contributed by atoms with Crippen LogP contribution in [0.15, 0.2) is 12.1 Å². The van der Waals surface area contributed by atoms with Gasteiger partial charge in [0.05, 0.1) is 5.69 Å². The summed E-state index contributed by atoms with van der Waals surface area (Å²) in [5.74, 6) is -0.935. The van der Waals surface area contributed by atoms with Crippen molar-refractivity contribution in [1.82, 2.24) is 9.78 Å². The summed E-state index contributed by atoms with van der Waals surface area (Å²) in [6.45, 7) is 4.42. The molecule has 3 rings (SSSR count). The minimum absolute atomic E-state index is 0.0343. The van der Waals surface area contributed by atoms with Crippen molar-refractivity contribution >= 4 is 17.4 Å². The van der Waals surface area contributed by atoms with Crippen molar-refractivity contribution < 1.29 is 13.2 Å². The van der Waals surface area contributed by atoms with Crippen molar-refractivity contribution in [3.05, 3.63) is 34.4 Å². The Kier molecular flexibility index (Phi) is 5.27. The Balaban J connectivity index is 2.04. The number of nitrogens with one attached hydrogen (secondary N) is 1. The zero-order valence-electron chi connectivity index (χ0n) is 14.3. The average Bonchev–Trinajstić information content (AvgIpc) is 3.15. The molecule has 0 saturated heterocycles. The maximum absolute atomic E-state index is 13.9. The van der Waals surface area contributed by atoms with Gasteiger partial charge in [-0.1, -0.05) is 18.5 Å². The van der Waals surface area contributed by atoms with Crippen LogP contribution in [0.5, 0.6) is 0 Å². The first kappa shape index (κ1) is 18.1. The molecular weight excluding hydrogens is 351 g/mol. The van der Waals surface area contributed by atoms with Crippen LogP contribution in [-0.4, -0.2) is 22.0 Å². The van der Waals surface area contributed by atoms with E-state index in [4.69, 9.17) is 11.6 Å². The molecule has 1 N–H and O–H groups in total. The van der Waals surface area contributed by atoms with Crippen LogP contribution in [0.1, 0.15) is 38.7 Å². The Hall–Kier alpha value is -1.69. The second-order valence-corrected chi connectivity index (χ2v) is 6.73. The van der Waals surface area contributed by atoms with Crippen LogP contribution in [0.3, 0.4) is 0 Å². The number of hydrogen-bond donors (Lipinski definition) is 1. The van der Waals surface area contributed by atoms with E-state index >= 15 is 0 Å². The molecule has 0 aliphatic heterocycles. The maximum atomic E-state index is 13.9. The number of halogens is 4. The number of aromatic nitrogens is 2. The van der Waals surface area contributed by atoms with E-state index in [1.807, 2.05) is 13.8 Å². The molecule has 0 unspecified atom stereocenters. The van der Waals surface area contributed by atoms with E-state index in [1.165, 1.54) is 12.1 Å². The molecule has 1 aliphatic rings. The van der Waals surface area contributed by atoms with Gasteiger partial charge in [0.15, 0.2) is 5.82 Å². The predicted octanol–water partition coefficient (Wildman–Crippen LogP) is 5.37. The second kappa shape index (κ2) is 7.28. The van der Waals surface area contributed by atoms with Crippen LogP contribution in [-0.2, 0) is 13.0 Å². The summed E-state index contributed by atoms with van der Waals surface area (Å²) < 4.78 is 43.0. The lowest BCUT2D eigenvalue weighted by Gasteiger charge is -2.12. The third-order valence-corrected chi connectivity index (χ3v) is 5.03. The number of alkyl halides is 1. The lowest BCUT2D eigenvalue weighted by atomic mass is 10.0. The molecule has 136 valence electrons. The fourth-order valence-electron chi connectivity index (χ4n) is 3.45. The molecule has 25 heavy (non-hydrogen) atoms. The van der Waals surface area contributed by atoms with Gasteiger partial charge in [-0.2, -0.15) is 5.10 Å². The molecule has 1 aromatic heterocycles. The van der Waals surface area contributed by atoms with Gasteiger partial charge in [-0.15, -0.1) is 0 Å². The number of nitrogens with zero attached hydrogens (tertiary/aromatic N) is 2. The van der Waals surface area contributed by atoms with E-state index in [2.05, 4.69) is 10.4 Å². The largest absolute Gasteiger partial charge is 0.366 e. The zero-order valence-corrected chi connectivity index (χ0v) is 15.0. The lowest BCUT2D eigenvalue weighted by Crippen LogP contribution is -2.17. The van der Waals surface area contributed by atoms with Crippen LogP contribution >= 0.6 is 11.6 Å². The van der Waals surface area contributed by atoms with Gasteiger partial charge in [-0.05, 0) is 44.7 Å². The lowest BCUT2D eigenvalue weighted by molar-refractivity contribution is 0.341. The molecule has 1 aliphatic carbocycles. The molecule has 7 heteroatoms. The second-order valence-electron chi connectivity index (χ2n) is 6.35. The Labute approximate surface area is 150 Å². The van der Waals surface area contributed by atoms with Crippen molar-refractivity contribution in [1.29, 1.82) is 0 Å². The quantitative estimate of drug-likeness (QED) is 0.716. The minimum atomic E-state index is -0.798. The molecule has 0 bridgehead atoms. The third kappa shape index (κ3) is 3.50.